The minimum Gasteiger partial charge on any atom is -0.373 e. The van der Waals surface area contributed by atoms with Crippen LogP contribution < -0.4 is 16.0 Å². The molecule has 1 rings (SSSR count). The van der Waals surface area contributed by atoms with Crippen molar-refractivity contribution in [2.45, 2.75) is 46.0 Å². The lowest BCUT2D eigenvalue weighted by molar-refractivity contribution is -0.116. The van der Waals surface area contributed by atoms with Crippen LogP contribution in [0.25, 0.3) is 0 Å². The van der Waals surface area contributed by atoms with Crippen molar-refractivity contribution in [1.29, 1.82) is 0 Å². The van der Waals surface area contributed by atoms with E-state index >= 15 is 0 Å². The number of aromatic nitrogens is 2. The summed E-state index contributed by atoms with van der Waals surface area (Å²) in [6.45, 7) is 9.23. The summed E-state index contributed by atoms with van der Waals surface area (Å²) in [5.74, 6) is 1.88. The molecule has 0 aromatic carbocycles. The third-order valence-corrected chi connectivity index (χ3v) is 3.09. The summed E-state index contributed by atoms with van der Waals surface area (Å²) in [6.07, 6.45) is 2.03. The van der Waals surface area contributed by atoms with Crippen LogP contribution in [0.2, 0.25) is 0 Å². The highest BCUT2D eigenvalue weighted by atomic mass is 16.1. The molecule has 0 fully saturated rings. The molecule has 3 N–H and O–H groups in total. The summed E-state index contributed by atoms with van der Waals surface area (Å²) in [6, 6.07) is 1.86. The molecule has 0 spiro atoms. The first kappa shape index (κ1) is 17.2. The molecule has 21 heavy (non-hydrogen) atoms. The maximum absolute atomic E-state index is 11.3. The van der Waals surface area contributed by atoms with Crippen LogP contribution in [0.15, 0.2) is 6.07 Å². The highest BCUT2D eigenvalue weighted by Gasteiger charge is 2.21. The Morgan fingerprint density at radius 2 is 2.05 bits per heavy atom. The van der Waals surface area contributed by atoms with Gasteiger partial charge in [0, 0.05) is 25.1 Å². The van der Waals surface area contributed by atoms with Gasteiger partial charge in [-0.25, -0.2) is 9.97 Å². The van der Waals surface area contributed by atoms with E-state index in [9.17, 15) is 4.79 Å². The average molecular weight is 293 g/mol. The molecule has 0 unspecified atom stereocenters. The van der Waals surface area contributed by atoms with Crippen LogP contribution in [-0.2, 0) is 10.2 Å². The summed E-state index contributed by atoms with van der Waals surface area (Å²) in [4.78, 5) is 22.4. The zero-order chi connectivity index (χ0) is 16.0. The molecule has 1 amide bonds. The summed E-state index contributed by atoms with van der Waals surface area (Å²) >= 11 is 0. The molecule has 0 atom stereocenters. The van der Waals surface area contributed by atoms with Crippen molar-refractivity contribution in [3.05, 3.63) is 11.9 Å². The molecule has 6 nitrogen and oxygen atoms in total. The van der Waals surface area contributed by atoms with Crippen LogP contribution in [0.5, 0.6) is 0 Å². The van der Waals surface area contributed by atoms with Crippen molar-refractivity contribution in [2.24, 2.45) is 5.73 Å². The molecule has 1 aromatic rings. The molecule has 1 heterocycles. The molecule has 0 saturated heterocycles. The van der Waals surface area contributed by atoms with Crippen molar-refractivity contribution in [2.75, 3.05) is 30.4 Å². The fourth-order valence-electron chi connectivity index (χ4n) is 1.87. The molecule has 0 aliphatic carbocycles. The minimum atomic E-state index is -0.354. The van der Waals surface area contributed by atoms with Gasteiger partial charge in [0.05, 0.1) is 6.54 Å². The summed E-state index contributed by atoms with van der Waals surface area (Å²) in [7, 11) is 1.82. The van der Waals surface area contributed by atoms with Crippen LogP contribution in [0.1, 0.15) is 46.4 Å². The Hall–Kier alpha value is -1.85. The van der Waals surface area contributed by atoms with E-state index in [0.29, 0.717) is 0 Å². The van der Waals surface area contributed by atoms with E-state index in [-0.39, 0.29) is 17.9 Å². The monoisotopic (exact) mass is 293 g/mol. The fourth-order valence-corrected chi connectivity index (χ4v) is 1.87. The van der Waals surface area contributed by atoms with Crippen LogP contribution in [-0.4, -0.2) is 36.0 Å². The van der Waals surface area contributed by atoms with Crippen molar-refractivity contribution in [3.63, 3.8) is 0 Å². The Kier molecular flexibility index (Phi) is 5.93. The molecule has 0 saturated carbocycles. The number of primary amides is 1. The second-order valence-corrected chi connectivity index (χ2v) is 6.18. The normalized spacial score (nSPS) is 11.3. The van der Waals surface area contributed by atoms with Gasteiger partial charge < -0.3 is 16.0 Å². The molecule has 0 aliphatic heterocycles. The lowest BCUT2D eigenvalue weighted by Crippen LogP contribution is -2.35. The van der Waals surface area contributed by atoms with Gasteiger partial charge in [-0.1, -0.05) is 34.1 Å². The Labute approximate surface area is 127 Å². The Balaban J connectivity index is 3.19. The molecule has 6 heteroatoms. The van der Waals surface area contributed by atoms with E-state index in [1.165, 1.54) is 0 Å². The third-order valence-electron chi connectivity index (χ3n) is 3.09. The average Bonchev–Trinajstić information content (AvgIpc) is 2.41. The van der Waals surface area contributed by atoms with E-state index in [1.54, 1.807) is 0 Å². The van der Waals surface area contributed by atoms with E-state index < -0.39 is 0 Å². The van der Waals surface area contributed by atoms with Gasteiger partial charge >= 0.3 is 0 Å². The number of nitrogens with two attached hydrogens (primary N) is 1. The number of hydrogen-bond acceptors (Lipinski definition) is 5. The molecular formula is C15H27N5O. The van der Waals surface area contributed by atoms with Gasteiger partial charge in [0.1, 0.15) is 17.5 Å². The number of anilines is 2. The lowest BCUT2D eigenvalue weighted by Gasteiger charge is -2.25. The molecule has 1 aromatic heterocycles. The third kappa shape index (κ3) is 5.21. The zero-order valence-electron chi connectivity index (χ0n) is 13.7. The smallest absolute Gasteiger partial charge is 0.236 e. The summed E-state index contributed by atoms with van der Waals surface area (Å²) in [5, 5.41) is 3.05. The van der Waals surface area contributed by atoms with Gasteiger partial charge in [0.15, 0.2) is 0 Å². The highest BCUT2D eigenvalue weighted by molar-refractivity contribution is 5.79. The van der Waals surface area contributed by atoms with Crippen molar-refractivity contribution in [3.8, 4) is 0 Å². The second kappa shape index (κ2) is 7.24. The number of carbonyl (C=O) groups is 1. The van der Waals surface area contributed by atoms with Gasteiger partial charge in [0.2, 0.25) is 5.91 Å². The van der Waals surface area contributed by atoms with Crippen LogP contribution in [0.3, 0.4) is 0 Å². The number of rotatable bonds is 7. The molecular weight excluding hydrogens is 266 g/mol. The van der Waals surface area contributed by atoms with E-state index in [0.717, 1.165) is 36.8 Å². The van der Waals surface area contributed by atoms with Crippen molar-refractivity contribution >= 4 is 17.5 Å². The van der Waals surface area contributed by atoms with Gasteiger partial charge in [-0.2, -0.15) is 0 Å². The molecule has 0 bridgehead atoms. The van der Waals surface area contributed by atoms with Crippen LogP contribution >= 0.6 is 0 Å². The maximum atomic E-state index is 11.3. The van der Waals surface area contributed by atoms with E-state index in [4.69, 9.17) is 5.73 Å². The van der Waals surface area contributed by atoms with Crippen molar-refractivity contribution in [1.82, 2.24) is 9.97 Å². The number of nitrogens with zero attached hydrogens (tertiary/aromatic N) is 3. The molecule has 0 radical (unpaired) electrons. The largest absolute Gasteiger partial charge is 0.373 e. The van der Waals surface area contributed by atoms with Crippen molar-refractivity contribution < 1.29 is 4.79 Å². The lowest BCUT2D eigenvalue weighted by atomic mass is 9.96. The van der Waals surface area contributed by atoms with Gasteiger partial charge in [-0.3, -0.25) is 4.79 Å². The SMILES string of the molecule is CCCCN(CC(N)=O)c1cc(NC)nc(C(C)(C)C)n1. The van der Waals surface area contributed by atoms with Gasteiger partial charge in [-0.15, -0.1) is 0 Å². The number of nitrogens with one attached hydrogen (secondary N) is 1. The minimum absolute atomic E-state index is 0.162. The molecule has 0 aliphatic rings. The topological polar surface area (TPSA) is 84.1 Å². The number of hydrogen-bond donors (Lipinski definition) is 2. The first-order valence-corrected chi connectivity index (χ1v) is 7.38. The quantitative estimate of drug-likeness (QED) is 0.802. The van der Waals surface area contributed by atoms with Gasteiger partial charge in [-0.05, 0) is 6.42 Å². The summed E-state index contributed by atoms with van der Waals surface area (Å²) < 4.78 is 0. The standard InChI is InChI=1S/C15H27N5O/c1-6-7-8-20(10-11(16)21)13-9-12(17-5)18-14(19-13)15(2,3)4/h9H,6-8,10H2,1-5H3,(H2,16,21)(H,17,18,19). The highest BCUT2D eigenvalue weighted by Crippen LogP contribution is 2.24. The van der Waals surface area contributed by atoms with Crippen LogP contribution in [0.4, 0.5) is 11.6 Å². The number of carbonyl (C=O) groups excluding carboxylic acids is 1. The van der Waals surface area contributed by atoms with Gasteiger partial charge in [0.25, 0.3) is 0 Å². The summed E-state index contributed by atoms with van der Waals surface area (Å²) in [5.41, 5.74) is 5.20. The number of amides is 1. The zero-order valence-corrected chi connectivity index (χ0v) is 13.7. The Morgan fingerprint density at radius 3 is 2.52 bits per heavy atom. The molecule has 118 valence electrons. The first-order chi connectivity index (χ1) is 9.77. The predicted molar refractivity (Wildman–Crippen MR) is 86.6 cm³/mol. The predicted octanol–water partition coefficient (Wildman–Crippen LogP) is 1.91. The number of unbranched alkanes of at least 4 members (excludes halogenated alkanes) is 1. The van der Waals surface area contributed by atoms with Crippen LogP contribution in [0, 0.1) is 0 Å². The van der Waals surface area contributed by atoms with E-state index in [1.807, 2.05) is 18.0 Å². The fraction of sp³-hybridized carbons (Fsp3) is 0.667. The maximum Gasteiger partial charge on any atom is 0.236 e. The van der Waals surface area contributed by atoms with E-state index in [2.05, 4.69) is 43.0 Å². The second-order valence-electron chi connectivity index (χ2n) is 6.18. The Morgan fingerprint density at radius 1 is 1.38 bits per heavy atom. The Bertz CT molecular complexity index is 481. The first-order valence-electron chi connectivity index (χ1n) is 7.38.